The first-order valence-corrected chi connectivity index (χ1v) is 6.59. The Bertz CT molecular complexity index is 536. The van der Waals surface area contributed by atoms with Crippen LogP contribution in [0.1, 0.15) is 12.7 Å². The van der Waals surface area contributed by atoms with Gasteiger partial charge in [0, 0.05) is 26.4 Å². The SMILES string of the molecule is CCOc1cccc2c1nc(CCCl)n2N(C)C. The molecule has 0 amide bonds. The van der Waals surface area contributed by atoms with Crippen molar-refractivity contribution in [3.63, 3.8) is 0 Å². The molecule has 1 heterocycles. The van der Waals surface area contributed by atoms with Crippen LogP contribution in [0.4, 0.5) is 0 Å². The number of alkyl halides is 1. The molecule has 0 saturated carbocycles. The second-order valence-corrected chi connectivity index (χ2v) is 4.56. The van der Waals surface area contributed by atoms with E-state index in [1.54, 1.807) is 0 Å². The van der Waals surface area contributed by atoms with E-state index in [-0.39, 0.29) is 0 Å². The van der Waals surface area contributed by atoms with E-state index < -0.39 is 0 Å². The standard InChI is InChI=1S/C13H18ClN3O/c1-4-18-11-7-5-6-10-13(11)15-12(8-9-14)17(10)16(2)3/h5-7H,4,8-9H2,1-3H3. The lowest BCUT2D eigenvalue weighted by molar-refractivity contribution is 0.343. The molecule has 5 heteroatoms. The first-order valence-electron chi connectivity index (χ1n) is 6.05. The van der Waals surface area contributed by atoms with Gasteiger partial charge in [-0.15, -0.1) is 11.6 Å². The highest BCUT2D eigenvalue weighted by Gasteiger charge is 2.14. The summed E-state index contributed by atoms with van der Waals surface area (Å²) in [7, 11) is 3.98. The number of aryl methyl sites for hydroxylation is 1. The van der Waals surface area contributed by atoms with E-state index in [0.29, 0.717) is 12.5 Å². The zero-order chi connectivity index (χ0) is 13.1. The summed E-state index contributed by atoms with van der Waals surface area (Å²) in [6.45, 7) is 2.61. The van der Waals surface area contributed by atoms with Crippen LogP contribution in [0, 0.1) is 0 Å². The van der Waals surface area contributed by atoms with Gasteiger partial charge in [-0.1, -0.05) is 6.07 Å². The summed E-state index contributed by atoms with van der Waals surface area (Å²) in [5.74, 6) is 2.34. The Morgan fingerprint density at radius 2 is 2.17 bits per heavy atom. The van der Waals surface area contributed by atoms with Crippen molar-refractivity contribution >= 4 is 22.6 Å². The Morgan fingerprint density at radius 3 is 2.78 bits per heavy atom. The maximum Gasteiger partial charge on any atom is 0.147 e. The van der Waals surface area contributed by atoms with Crippen molar-refractivity contribution in [3.05, 3.63) is 24.0 Å². The van der Waals surface area contributed by atoms with Crippen LogP contribution in [0.15, 0.2) is 18.2 Å². The van der Waals surface area contributed by atoms with E-state index in [9.17, 15) is 0 Å². The molecular formula is C13H18ClN3O. The first-order chi connectivity index (χ1) is 8.69. The molecule has 0 bridgehead atoms. The molecule has 2 aromatic rings. The van der Waals surface area contributed by atoms with Crippen LogP contribution in [-0.2, 0) is 6.42 Å². The summed E-state index contributed by atoms with van der Waals surface area (Å²) >= 11 is 5.84. The minimum Gasteiger partial charge on any atom is -0.492 e. The molecule has 98 valence electrons. The fraction of sp³-hybridized carbons (Fsp3) is 0.462. The quantitative estimate of drug-likeness (QED) is 0.780. The lowest BCUT2D eigenvalue weighted by atomic mass is 10.3. The summed E-state index contributed by atoms with van der Waals surface area (Å²) in [5, 5.41) is 2.01. The van der Waals surface area contributed by atoms with Gasteiger partial charge in [0.15, 0.2) is 0 Å². The largest absolute Gasteiger partial charge is 0.492 e. The predicted molar refractivity (Wildman–Crippen MR) is 75.4 cm³/mol. The minimum atomic E-state index is 0.557. The van der Waals surface area contributed by atoms with Gasteiger partial charge < -0.3 is 9.75 Å². The van der Waals surface area contributed by atoms with E-state index in [1.165, 1.54) is 0 Å². The van der Waals surface area contributed by atoms with E-state index in [2.05, 4.69) is 9.66 Å². The number of benzene rings is 1. The molecule has 0 aliphatic heterocycles. The molecule has 4 nitrogen and oxygen atoms in total. The number of aromatic nitrogens is 2. The second kappa shape index (κ2) is 5.48. The molecule has 0 radical (unpaired) electrons. The Morgan fingerprint density at radius 1 is 1.39 bits per heavy atom. The van der Waals surface area contributed by atoms with Gasteiger partial charge in [-0.25, -0.2) is 9.66 Å². The number of hydrogen-bond donors (Lipinski definition) is 0. The Labute approximate surface area is 112 Å². The molecule has 1 aromatic carbocycles. The van der Waals surface area contributed by atoms with E-state index >= 15 is 0 Å². The lowest BCUT2D eigenvalue weighted by Crippen LogP contribution is -2.26. The zero-order valence-corrected chi connectivity index (χ0v) is 11.7. The van der Waals surface area contributed by atoms with Crippen molar-refractivity contribution in [2.75, 3.05) is 31.6 Å². The Hall–Kier alpha value is -1.42. The topological polar surface area (TPSA) is 30.3 Å². The summed E-state index contributed by atoms with van der Waals surface area (Å²) in [6.07, 6.45) is 0.736. The molecule has 0 N–H and O–H groups in total. The average Bonchev–Trinajstić information content (AvgIpc) is 2.69. The smallest absolute Gasteiger partial charge is 0.147 e. The van der Waals surface area contributed by atoms with Crippen molar-refractivity contribution in [3.8, 4) is 5.75 Å². The third-order valence-electron chi connectivity index (χ3n) is 2.71. The number of halogens is 1. The molecule has 0 spiro atoms. The van der Waals surface area contributed by atoms with Gasteiger partial charge >= 0.3 is 0 Å². The Balaban J connectivity index is 2.63. The zero-order valence-electron chi connectivity index (χ0n) is 11.0. The number of fused-ring (bicyclic) bond motifs is 1. The van der Waals surface area contributed by atoms with Crippen molar-refractivity contribution in [1.29, 1.82) is 0 Å². The highest BCUT2D eigenvalue weighted by molar-refractivity contribution is 6.17. The van der Waals surface area contributed by atoms with E-state index in [1.807, 2.05) is 44.2 Å². The van der Waals surface area contributed by atoms with Gasteiger partial charge in [-0.3, -0.25) is 0 Å². The van der Waals surface area contributed by atoms with Crippen LogP contribution >= 0.6 is 11.6 Å². The number of ether oxygens (including phenoxy) is 1. The highest BCUT2D eigenvalue weighted by Crippen LogP contribution is 2.26. The van der Waals surface area contributed by atoms with Crippen LogP contribution in [0.25, 0.3) is 11.0 Å². The van der Waals surface area contributed by atoms with Crippen molar-refractivity contribution in [1.82, 2.24) is 9.66 Å². The summed E-state index contributed by atoms with van der Waals surface area (Å²) in [6, 6.07) is 5.98. The molecule has 0 unspecified atom stereocenters. The maximum atomic E-state index is 5.84. The summed E-state index contributed by atoms with van der Waals surface area (Å²) in [5.41, 5.74) is 1.94. The second-order valence-electron chi connectivity index (χ2n) is 4.18. The van der Waals surface area contributed by atoms with E-state index in [0.717, 1.165) is 29.0 Å². The maximum absolute atomic E-state index is 5.84. The molecule has 0 fully saturated rings. The molecule has 18 heavy (non-hydrogen) atoms. The summed E-state index contributed by atoms with van der Waals surface area (Å²) < 4.78 is 7.69. The molecule has 0 aliphatic rings. The summed E-state index contributed by atoms with van der Waals surface area (Å²) in [4.78, 5) is 4.65. The number of imidazole rings is 1. The molecule has 2 rings (SSSR count). The van der Waals surface area contributed by atoms with Gasteiger partial charge in [0.25, 0.3) is 0 Å². The van der Waals surface area contributed by atoms with Crippen LogP contribution in [0.5, 0.6) is 5.75 Å². The number of nitrogens with zero attached hydrogens (tertiary/aromatic N) is 3. The van der Waals surface area contributed by atoms with Crippen molar-refractivity contribution in [2.45, 2.75) is 13.3 Å². The first kappa shape index (κ1) is 13.0. The average molecular weight is 268 g/mol. The molecule has 0 saturated heterocycles. The van der Waals surface area contributed by atoms with E-state index in [4.69, 9.17) is 16.3 Å². The third kappa shape index (κ3) is 2.25. The Kier molecular flexibility index (Phi) is 3.97. The fourth-order valence-electron chi connectivity index (χ4n) is 2.07. The molecular weight excluding hydrogens is 250 g/mol. The van der Waals surface area contributed by atoms with Crippen LogP contribution in [-0.4, -0.2) is 36.2 Å². The van der Waals surface area contributed by atoms with Gasteiger partial charge in [0.2, 0.25) is 0 Å². The van der Waals surface area contributed by atoms with Gasteiger partial charge in [0.05, 0.1) is 12.1 Å². The van der Waals surface area contributed by atoms with Gasteiger partial charge in [-0.2, -0.15) is 0 Å². The molecule has 0 aliphatic carbocycles. The minimum absolute atomic E-state index is 0.557. The molecule has 1 aromatic heterocycles. The van der Waals surface area contributed by atoms with Gasteiger partial charge in [0.1, 0.15) is 17.1 Å². The van der Waals surface area contributed by atoms with Crippen molar-refractivity contribution < 1.29 is 4.74 Å². The molecule has 0 atom stereocenters. The van der Waals surface area contributed by atoms with Crippen molar-refractivity contribution in [2.24, 2.45) is 0 Å². The predicted octanol–water partition coefficient (Wildman–Crippen LogP) is 2.41. The van der Waals surface area contributed by atoms with Crippen LogP contribution < -0.4 is 9.75 Å². The normalized spacial score (nSPS) is 10.9. The number of rotatable bonds is 5. The lowest BCUT2D eigenvalue weighted by Gasteiger charge is -2.17. The number of para-hydroxylation sites is 1. The number of hydrogen-bond acceptors (Lipinski definition) is 3. The van der Waals surface area contributed by atoms with Crippen LogP contribution in [0.2, 0.25) is 0 Å². The van der Waals surface area contributed by atoms with Crippen LogP contribution in [0.3, 0.4) is 0 Å². The fourth-order valence-corrected chi connectivity index (χ4v) is 2.24. The third-order valence-corrected chi connectivity index (χ3v) is 2.90. The highest BCUT2D eigenvalue weighted by atomic mass is 35.5. The monoisotopic (exact) mass is 267 g/mol. The van der Waals surface area contributed by atoms with Gasteiger partial charge in [-0.05, 0) is 19.1 Å².